The summed E-state index contributed by atoms with van der Waals surface area (Å²) in [7, 11) is 0. The van der Waals surface area contributed by atoms with E-state index in [2.05, 4.69) is 0 Å². The molecule has 0 saturated heterocycles. The standard InChI is InChI=1S/C11H20O3/c1-5-9(6-2)10(8(4)12)11(13)14-7-3/h9-10H,5-7H2,1-4H3. The van der Waals surface area contributed by atoms with Crippen LogP contribution in [0.4, 0.5) is 0 Å². The van der Waals surface area contributed by atoms with Crippen molar-refractivity contribution in [3.05, 3.63) is 0 Å². The zero-order valence-corrected chi connectivity index (χ0v) is 9.50. The molecule has 0 fully saturated rings. The van der Waals surface area contributed by atoms with Gasteiger partial charge in [0.2, 0.25) is 0 Å². The number of ether oxygens (including phenoxy) is 1. The molecule has 0 aromatic rings. The van der Waals surface area contributed by atoms with E-state index in [1.54, 1.807) is 6.92 Å². The number of ketones is 1. The summed E-state index contributed by atoms with van der Waals surface area (Å²) in [4.78, 5) is 22.8. The second kappa shape index (κ2) is 6.57. The van der Waals surface area contributed by atoms with Gasteiger partial charge in [-0.15, -0.1) is 0 Å². The third kappa shape index (κ3) is 3.48. The Bertz CT molecular complexity index is 195. The van der Waals surface area contributed by atoms with Crippen molar-refractivity contribution in [2.75, 3.05) is 6.61 Å². The summed E-state index contributed by atoms with van der Waals surface area (Å²) < 4.78 is 4.89. The molecular weight excluding hydrogens is 180 g/mol. The largest absolute Gasteiger partial charge is 0.465 e. The summed E-state index contributed by atoms with van der Waals surface area (Å²) in [6.45, 7) is 7.53. The molecule has 0 saturated carbocycles. The fraction of sp³-hybridized carbons (Fsp3) is 0.818. The number of rotatable bonds is 6. The summed E-state index contributed by atoms with van der Waals surface area (Å²) in [6.07, 6.45) is 1.67. The summed E-state index contributed by atoms with van der Waals surface area (Å²) in [6, 6.07) is 0. The van der Waals surface area contributed by atoms with Crippen LogP contribution in [0.25, 0.3) is 0 Å². The van der Waals surface area contributed by atoms with Crippen LogP contribution in [-0.4, -0.2) is 18.4 Å². The minimum absolute atomic E-state index is 0.0860. The molecule has 82 valence electrons. The molecule has 1 atom stereocenters. The van der Waals surface area contributed by atoms with Gasteiger partial charge in [0.25, 0.3) is 0 Å². The van der Waals surface area contributed by atoms with E-state index < -0.39 is 5.92 Å². The second-order valence-corrected chi connectivity index (χ2v) is 3.42. The molecule has 3 nitrogen and oxygen atoms in total. The predicted molar refractivity (Wildman–Crippen MR) is 54.9 cm³/mol. The first-order chi connectivity index (χ1) is 6.58. The molecule has 0 radical (unpaired) electrons. The van der Waals surface area contributed by atoms with E-state index in [9.17, 15) is 9.59 Å². The topological polar surface area (TPSA) is 43.4 Å². The normalized spacial score (nSPS) is 12.6. The third-order valence-electron chi connectivity index (χ3n) is 2.50. The number of Topliss-reactive ketones (excluding diaryl/α,β-unsaturated/α-hetero) is 1. The monoisotopic (exact) mass is 200 g/mol. The Morgan fingerprint density at radius 3 is 1.93 bits per heavy atom. The summed E-state index contributed by atoms with van der Waals surface area (Å²) in [5.41, 5.74) is 0. The van der Waals surface area contributed by atoms with Crippen LogP contribution in [0.2, 0.25) is 0 Å². The van der Waals surface area contributed by atoms with Gasteiger partial charge in [0, 0.05) is 0 Å². The molecule has 1 unspecified atom stereocenters. The van der Waals surface area contributed by atoms with E-state index >= 15 is 0 Å². The van der Waals surface area contributed by atoms with Gasteiger partial charge in [-0.05, 0) is 19.8 Å². The van der Waals surface area contributed by atoms with Crippen molar-refractivity contribution in [1.82, 2.24) is 0 Å². The minimum atomic E-state index is -0.565. The van der Waals surface area contributed by atoms with Crippen molar-refractivity contribution in [3.8, 4) is 0 Å². The van der Waals surface area contributed by atoms with Crippen molar-refractivity contribution in [2.24, 2.45) is 11.8 Å². The Morgan fingerprint density at radius 2 is 1.64 bits per heavy atom. The van der Waals surface area contributed by atoms with Gasteiger partial charge in [0.05, 0.1) is 6.61 Å². The van der Waals surface area contributed by atoms with Gasteiger partial charge in [0.15, 0.2) is 0 Å². The maximum Gasteiger partial charge on any atom is 0.316 e. The van der Waals surface area contributed by atoms with Crippen molar-refractivity contribution in [1.29, 1.82) is 0 Å². The van der Waals surface area contributed by atoms with Gasteiger partial charge in [-0.2, -0.15) is 0 Å². The van der Waals surface area contributed by atoms with Crippen LogP contribution >= 0.6 is 0 Å². The van der Waals surface area contributed by atoms with Crippen molar-refractivity contribution < 1.29 is 14.3 Å². The average Bonchev–Trinajstić information content (AvgIpc) is 2.13. The third-order valence-corrected chi connectivity index (χ3v) is 2.50. The van der Waals surface area contributed by atoms with E-state index in [4.69, 9.17) is 4.74 Å². The molecule has 0 bridgehead atoms. The summed E-state index contributed by atoms with van der Waals surface area (Å²) in [5, 5.41) is 0. The predicted octanol–water partition coefficient (Wildman–Crippen LogP) is 2.19. The van der Waals surface area contributed by atoms with Crippen LogP contribution < -0.4 is 0 Å². The first-order valence-corrected chi connectivity index (χ1v) is 5.25. The molecule has 0 rings (SSSR count). The van der Waals surface area contributed by atoms with Crippen LogP contribution in [0.1, 0.15) is 40.5 Å². The maximum atomic E-state index is 11.5. The first kappa shape index (κ1) is 13.1. The van der Waals surface area contributed by atoms with Crippen LogP contribution in [0.5, 0.6) is 0 Å². The molecule has 0 aliphatic carbocycles. The molecule has 0 aliphatic heterocycles. The first-order valence-electron chi connectivity index (χ1n) is 5.25. The molecule has 3 heteroatoms. The van der Waals surface area contributed by atoms with Crippen LogP contribution in [-0.2, 0) is 14.3 Å². The highest BCUT2D eigenvalue weighted by Gasteiger charge is 2.31. The average molecular weight is 200 g/mol. The lowest BCUT2D eigenvalue weighted by Crippen LogP contribution is -2.31. The minimum Gasteiger partial charge on any atom is -0.465 e. The number of hydrogen-bond acceptors (Lipinski definition) is 3. The Morgan fingerprint density at radius 1 is 1.14 bits per heavy atom. The Balaban J connectivity index is 4.57. The molecular formula is C11H20O3. The second-order valence-electron chi connectivity index (χ2n) is 3.42. The quantitative estimate of drug-likeness (QED) is 0.487. The summed E-state index contributed by atoms with van der Waals surface area (Å²) in [5.74, 6) is -0.901. The molecule has 14 heavy (non-hydrogen) atoms. The molecule has 0 N–H and O–H groups in total. The highest BCUT2D eigenvalue weighted by Crippen LogP contribution is 2.21. The smallest absolute Gasteiger partial charge is 0.316 e. The van der Waals surface area contributed by atoms with Crippen LogP contribution in [0.3, 0.4) is 0 Å². The highest BCUT2D eigenvalue weighted by atomic mass is 16.5. The van der Waals surface area contributed by atoms with Crippen molar-refractivity contribution in [2.45, 2.75) is 40.5 Å². The lowest BCUT2D eigenvalue weighted by Gasteiger charge is -2.20. The molecule has 0 heterocycles. The van der Waals surface area contributed by atoms with E-state index in [0.717, 1.165) is 12.8 Å². The van der Waals surface area contributed by atoms with Gasteiger partial charge in [-0.1, -0.05) is 26.7 Å². The summed E-state index contributed by atoms with van der Waals surface area (Å²) >= 11 is 0. The van der Waals surface area contributed by atoms with Gasteiger partial charge in [0.1, 0.15) is 11.7 Å². The van der Waals surface area contributed by atoms with Gasteiger partial charge in [-0.3, -0.25) is 9.59 Å². The van der Waals surface area contributed by atoms with Crippen LogP contribution in [0, 0.1) is 11.8 Å². The van der Waals surface area contributed by atoms with Crippen molar-refractivity contribution in [3.63, 3.8) is 0 Å². The van der Waals surface area contributed by atoms with Crippen molar-refractivity contribution >= 4 is 11.8 Å². The van der Waals surface area contributed by atoms with E-state index in [1.165, 1.54) is 6.92 Å². The number of esters is 1. The van der Waals surface area contributed by atoms with E-state index in [1.807, 2.05) is 13.8 Å². The fourth-order valence-electron chi connectivity index (χ4n) is 1.68. The van der Waals surface area contributed by atoms with E-state index in [-0.39, 0.29) is 17.7 Å². The lowest BCUT2D eigenvalue weighted by atomic mass is 9.85. The maximum absolute atomic E-state index is 11.5. The lowest BCUT2D eigenvalue weighted by molar-refractivity contribution is -0.153. The molecule has 0 aromatic heterocycles. The molecule has 0 spiro atoms. The fourth-order valence-corrected chi connectivity index (χ4v) is 1.68. The Hall–Kier alpha value is -0.860. The van der Waals surface area contributed by atoms with E-state index in [0.29, 0.717) is 6.61 Å². The molecule has 0 aromatic carbocycles. The number of hydrogen-bond donors (Lipinski definition) is 0. The number of carbonyl (C=O) groups excluding carboxylic acids is 2. The zero-order chi connectivity index (χ0) is 11.1. The Kier molecular flexibility index (Phi) is 6.17. The molecule has 0 aliphatic rings. The number of carbonyl (C=O) groups is 2. The molecule has 0 amide bonds. The van der Waals surface area contributed by atoms with Gasteiger partial charge < -0.3 is 4.74 Å². The SMILES string of the molecule is CCOC(=O)C(C(C)=O)C(CC)CC. The Labute approximate surface area is 85.8 Å². The van der Waals surface area contributed by atoms with Gasteiger partial charge >= 0.3 is 5.97 Å². The van der Waals surface area contributed by atoms with Gasteiger partial charge in [-0.25, -0.2) is 0 Å². The highest BCUT2D eigenvalue weighted by molar-refractivity contribution is 5.98. The zero-order valence-electron chi connectivity index (χ0n) is 9.50. The van der Waals surface area contributed by atoms with Crippen LogP contribution in [0.15, 0.2) is 0 Å².